The Morgan fingerprint density at radius 2 is 1.58 bits per heavy atom. The number of halogens is 2. The smallest absolute Gasteiger partial charge is 0.410 e. The number of carboxylic acid groups (broad SMARTS) is 1. The first-order valence-corrected chi connectivity index (χ1v) is 11.1. The Bertz CT molecular complexity index is 1140. The molecular formula is C25H21Cl2NO5. The molecular weight excluding hydrogens is 465 g/mol. The summed E-state index contributed by atoms with van der Waals surface area (Å²) in [5.41, 5.74) is 4.39. The van der Waals surface area contributed by atoms with Crippen LogP contribution in [0.4, 0.5) is 4.79 Å². The number of amides is 1. The summed E-state index contributed by atoms with van der Waals surface area (Å²) in [4.78, 5) is 25.2. The first-order chi connectivity index (χ1) is 15.9. The molecule has 0 saturated carbocycles. The second-order valence-corrected chi connectivity index (χ2v) is 8.39. The number of carbonyl (C=O) groups excluding carboxylic acids is 1. The molecule has 1 aliphatic rings. The maximum atomic E-state index is 12.8. The highest BCUT2D eigenvalue weighted by Crippen LogP contribution is 2.44. The Kier molecular flexibility index (Phi) is 7.06. The zero-order valence-corrected chi connectivity index (χ0v) is 19.1. The highest BCUT2D eigenvalue weighted by atomic mass is 35.5. The van der Waals surface area contributed by atoms with E-state index in [0.29, 0.717) is 15.8 Å². The molecule has 0 radical (unpaired) electrons. The Labute approximate surface area is 201 Å². The second kappa shape index (κ2) is 10.1. The van der Waals surface area contributed by atoms with E-state index >= 15 is 0 Å². The third kappa shape index (κ3) is 5.24. The maximum absolute atomic E-state index is 12.8. The molecule has 0 aromatic heterocycles. The third-order valence-corrected chi connectivity index (χ3v) is 5.98. The van der Waals surface area contributed by atoms with Crippen molar-refractivity contribution in [2.45, 2.75) is 5.92 Å². The molecule has 170 valence electrons. The van der Waals surface area contributed by atoms with E-state index in [-0.39, 0.29) is 25.7 Å². The van der Waals surface area contributed by atoms with Gasteiger partial charge in [0, 0.05) is 17.0 Å². The summed E-state index contributed by atoms with van der Waals surface area (Å²) in [6.07, 6.45) is -0.722. The fraction of sp³-hybridized carbons (Fsp3) is 0.200. The summed E-state index contributed by atoms with van der Waals surface area (Å²) in [6, 6.07) is 20.8. The lowest BCUT2D eigenvalue weighted by atomic mass is 9.98. The Morgan fingerprint density at radius 1 is 0.939 bits per heavy atom. The molecule has 4 rings (SSSR count). The second-order valence-electron chi connectivity index (χ2n) is 7.54. The zero-order chi connectivity index (χ0) is 23.4. The number of carboxylic acids is 1. The van der Waals surface area contributed by atoms with E-state index in [0.717, 1.165) is 27.2 Å². The average Bonchev–Trinajstić information content (AvgIpc) is 3.12. The van der Waals surface area contributed by atoms with Gasteiger partial charge in [-0.15, -0.1) is 0 Å². The number of hydrogen-bond donors (Lipinski definition) is 1. The minimum atomic E-state index is -1.15. The van der Waals surface area contributed by atoms with Crippen molar-refractivity contribution in [1.29, 1.82) is 0 Å². The van der Waals surface area contributed by atoms with E-state index in [2.05, 4.69) is 0 Å². The largest absolute Gasteiger partial charge is 0.490 e. The molecule has 0 bridgehead atoms. The van der Waals surface area contributed by atoms with Gasteiger partial charge in [0.2, 0.25) is 0 Å². The van der Waals surface area contributed by atoms with Crippen LogP contribution in [0.3, 0.4) is 0 Å². The molecule has 0 unspecified atom stereocenters. The summed E-state index contributed by atoms with van der Waals surface area (Å²) >= 11 is 12.0. The molecule has 0 spiro atoms. The van der Waals surface area contributed by atoms with Gasteiger partial charge >= 0.3 is 12.1 Å². The minimum absolute atomic E-state index is 0.00577. The van der Waals surface area contributed by atoms with Gasteiger partial charge in [0.1, 0.15) is 25.5 Å². The number of fused-ring (bicyclic) bond motifs is 3. The predicted octanol–water partition coefficient (Wildman–Crippen LogP) is 5.71. The van der Waals surface area contributed by atoms with Gasteiger partial charge in [-0.25, -0.2) is 4.79 Å². The molecule has 3 aromatic rings. The lowest BCUT2D eigenvalue weighted by molar-refractivity contribution is -0.138. The molecule has 3 aromatic carbocycles. The summed E-state index contributed by atoms with van der Waals surface area (Å²) in [5, 5.41) is 10.1. The van der Waals surface area contributed by atoms with Gasteiger partial charge in [-0.2, -0.15) is 0 Å². The van der Waals surface area contributed by atoms with E-state index < -0.39 is 18.6 Å². The SMILES string of the molecule is O=C(O)CN(CCOc1cc(Cl)ccc1Cl)C(=O)OCC1c2ccccc2-c2ccccc21. The molecule has 1 N–H and O–H groups in total. The number of aliphatic carboxylic acids is 1. The van der Waals surface area contributed by atoms with E-state index in [9.17, 15) is 14.7 Å². The number of nitrogens with zero attached hydrogens (tertiary/aromatic N) is 1. The highest BCUT2D eigenvalue weighted by molar-refractivity contribution is 6.34. The molecule has 33 heavy (non-hydrogen) atoms. The van der Waals surface area contributed by atoms with Crippen molar-refractivity contribution in [3.8, 4) is 16.9 Å². The normalized spacial score (nSPS) is 12.1. The van der Waals surface area contributed by atoms with Crippen LogP contribution in [0.25, 0.3) is 11.1 Å². The van der Waals surface area contributed by atoms with E-state index in [4.69, 9.17) is 32.7 Å². The summed E-state index contributed by atoms with van der Waals surface area (Å²) in [5.74, 6) is -0.911. The van der Waals surface area contributed by atoms with Crippen LogP contribution in [0, 0.1) is 0 Å². The summed E-state index contributed by atoms with van der Waals surface area (Å²) < 4.78 is 11.2. The van der Waals surface area contributed by atoms with Gasteiger partial charge in [0.15, 0.2) is 0 Å². The van der Waals surface area contributed by atoms with Crippen molar-refractivity contribution in [3.05, 3.63) is 87.9 Å². The van der Waals surface area contributed by atoms with Crippen molar-refractivity contribution in [2.75, 3.05) is 26.3 Å². The molecule has 0 aliphatic heterocycles. The van der Waals surface area contributed by atoms with Crippen LogP contribution in [-0.2, 0) is 9.53 Å². The van der Waals surface area contributed by atoms with Gasteiger partial charge in [0.25, 0.3) is 0 Å². The number of ether oxygens (including phenoxy) is 2. The molecule has 1 aliphatic carbocycles. The maximum Gasteiger partial charge on any atom is 0.410 e. The van der Waals surface area contributed by atoms with Crippen molar-refractivity contribution >= 4 is 35.3 Å². The topological polar surface area (TPSA) is 76.1 Å². The van der Waals surface area contributed by atoms with Gasteiger partial charge in [-0.1, -0.05) is 71.7 Å². The fourth-order valence-corrected chi connectivity index (χ4v) is 4.27. The van der Waals surface area contributed by atoms with Gasteiger partial charge in [0.05, 0.1) is 11.6 Å². The molecule has 0 fully saturated rings. The summed E-state index contributed by atoms with van der Waals surface area (Å²) in [6.45, 7) is -0.378. The quantitative estimate of drug-likeness (QED) is 0.442. The standard InChI is InChI=1S/C25H21Cl2NO5/c26-16-9-10-22(27)23(13-16)32-12-11-28(14-24(29)30)25(31)33-15-21-19-7-3-1-5-17(19)18-6-2-4-8-20(18)21/h1-10,13,21H,11-12,14-15H2,(H,29,30). The molecule has 0 saturated heterocycles. The Balaban J connectivity index is 1.41. The van der Waals surface area contributed by atoms with Crippen LogP contribution in [0.5, 0.6) is 5.75 Å². The number of rotatable bonds is 8. The van der Waals surface area contributed by atoms with Crippen molar-refractivity contribution in [3.63, 3.8) is 0 Å². The van der Waals surface area contributed by atoms with Crippen LogP contribution < -0.4 is 4.74 Å². The van der Waals surface area contributed by atoms with Crippen LogP contribution in [0.15, 0.2) is 66.7 Å². The Hall–Kier alpha value is -3.22. The molecule has 8 heteroatoms. The summed E-state index contributed by atoms with van der Waals surface area (Å²) in [7, 11) is 0. The third-order valence-electron chi connectivity index (χ3n) is 5.43. The first kappa shape index (κ1) is 23.0. The monoisotopic (exact) mass is 485 g/mol. The van der Waals surface area contributed by atoms with Crippen molar-refractivity contribution in [2.24, 2.45) is 0 Å². The molecule has 1 amide bonds. The van der Waals surface area contributed by atoms with Crippen molar-refractivity contribution < 1.29 is 24.2 Å². The van der Waals surface area contributed by atoms with Gasteiger partial charge in [-0.3, -0.25) is 9.69 Å². The van der Waals surface area contributed by atoms with Crippen molar-refractivity contribution in [1.82, 2.24) is 4.90 Å². The van der Waals surface area contributed by atoms with Gasteiger partial charge < -0.3 is 14.6 Å². The predicted molar refractivity (Wildman–Crippen MR) is 126 cm³/mol. The molecule has 0 atom stereocenters. The van der Waals surface area contributed by atoms with E-state index in [1.807, 2.05) is 48.5 Å². The number of carbonyl (C=O) groups is 2. The first-order valence-electron chi connectivity index (χ1n) is 10.3. The fourth-order valence-electron chi connectivity index (χ4n) is 3.94. The average molecular weight is 486 g/mol. The Morgan fingerprint density at radius 3 is 2.21 bits per heavy atom. The van der Waals surface area contributed by atoms with E-state index in [1.54, 1.807) is 18.2 Å². The number of benzene rings is 3. The van der Waals surface area contributed by atoms with Crippen LogP contribution in [-0.4, -0.2) is 48.4 Å². The van der Waals surface area contributed by atoms with Crippen LogP contribution in [0.1, 0.15) is 17.0 Å². The lowest BCUT2D eigenvalue weighted by Gasteiger charge is -2.22. The van der Waals surface area contributed by atoms with E-state index in [1.165, 1.54) is 0 Å². The lowest BCUT2D eigenvalue weighted by Crippen LogP contribution is -2.39. The molecule has 0 heterocycles. The molecule has 6 nitrogen and oxygen atoms in total. The van der Waals surface area contributed by atoms with Crippen LogP contribution >= 0.6 is 23.2 Å². The minimum Gasteiger partial charge on any atom is -0.490 e. The van der Waals surface area contributed by atoms with Crippen LogP contribution in [0.2, 0.25) is 10.0 Å². The number of hydrogen-bond acceptors (Lipinski definition) is 4. The van der Waals surface area contributed by atoms with Gasteiger partial charge in [-0.05, 0) is 34.4 Å². The highest BCUT2D eigenvalue weighted by Gasteiger charge is 2.30. The zero-order valence-electron chi connectivity index (χ0n) is 17.5.